The molecule has 0 aliphatic carbocycles. The molecule has 1 aromatic carbocycles. The molecule has 136 valence electrons. The molecule has 3 nitrogen and oxygen atoms in total. The number of nitrogens with two attached hydrogens (primary N) is 1. The zero-order valence-electron chi connectivity index (χ0n) is 12.9. The van der Waals surface area contributed by atoms with Crippen LogP contribution in [0.2, 0.25) is 0 Å². The maximum absolute atomic E-state index is 13.2. The van der Waals surface area contributed by atoms with Crippen molar-refractivity contribution in [1.29, 1.82) is 0 Å². The van der Waals surface area contributed by atoms with Crippen LogP contribution in [0, 0.1) is 0 Å². The minimum Gasteiger partial charge on any atom is -0.480 e. The van der Waals surface area contributed by atoms with E-state index in [0.717, 1.165) is 13.0 Å². The van der Waals surface area contributed by atoms with Crippen molar-refractivity contribution >= 4 is 5.97 Å². The van der Waals surface area contributed by atoms with Gasteiger partial charge in [-0.1, -0.05) is 13.0 Å². The summed E-state index contributed by atoms with van der Waals surface area (Å²) in [7, 11) is 0. The Hall–Kier alpha value is -1.77. The van der Waals surface area contributed by atoms with Crippen LogP contribution in [0.5, 0.6) is 0 Å². The molecule has 0 heterocycles. The summed E-state index contributed by atoms with van der Waals surface area (Å²) in [6, 6.07) is 1.35. The lowest BCUT2D eigenvalue weighted by Crippen LogP contribution is -2.46. The van der Waals surface area contributed by atoms with E-state index in [1.54, 1.807) is 0 Å². The SMILES string of the molecule is CCC(CC(C)(N)C(=O)O)c1ccc(C(F)(F)F)cc1C(F)(F)F. The minimum atomic E-state index is -5.00. The van der Waals surface area contributed by atoms with E-state index >= 15 is 0 Å². The van der Waals surface area contributed by atoms with E-state index in [-0.39, 0.29) is 18.9 Å². The van der Waals surface area contributed by atoms with Gasteiger partial charge in [0.25, 0.3) is 0 Å². The quantitative estimate of drug-likeness (QED) is 0.768. The molecule has 9 heteroatoms. The number of aliphatic carboxylic acids is 1. The van der Waals surface area contributed by atoms with Gasteiger partial charge < -0.3 is 10.8 Å². The highest BCUT2D eigenvalue weighted by Crippen LogP contribution is 2.41. The first-order valence-corrected chi connectivity index (χ1v) is 7.00. The Morgan fingerprint density at radius 1 is 1.17 bits per heavy atom. The van der Waals surface area contributed by atoms with Crippen LogP contribution >= 0.6 is 0 Å². The normalized spacial score (nSPS) is 16.5. The van der Waals surface area contributed by atoms with E-state index in [1.165, 1.54) is 6.92 Å². The van der Waals surface area contributed by atoms with Crippen LogP contribution < -0.4 is 5.73 Å². The van der Waals surface area contributed by atoms with Crippen molar-refractivity contribution < 1.29 is 36.2 Å². The molecule has 0 fully saturated rings. The first kappa shape index (κ1) is 20.3. The van der Waals surface area contributed by atoms with Gasteiger partial charge in [-0.3, -0.25) is 4.79 Å². The van der Waals surface area contributed by atoms with Crippen molar-refractivity contribution in [3.8, 4) is 0 Å². The average Bonchev–Trinajstić information content (AvgIpc) is 2.42. The number of carbonyl (C=O) groups is 1. The smallest absolute Gasteiger partial charge is 0.416 e. The molecule has 24 heavy (non-hydrogen) atoms. The zero-order chi connectivity index (χ0) is 18.9. The summed E-state index contributed by atoms with van der Waals surface area (Å²) in [5.74, 6) is -2.35. The maximum atomic E-state index is 13.2. The van der Waals surface area contributed by atoms with Gasteiger partial charge in [0.2, 0.25) is 0 Å². The summed E-state index contributed by atoms with van der Waals surface area (Å²) in [6.45, 7) is 2.66. The summed E-state index contributed by atoms with van der Waals surface area (Å²) < 4.78 is 77.6. The van der Waals surface area contributed by atoms with Gasteiger partial charge in [-0.2, -0.15) is 26.3 Å². The fraction of sp³-hybridized carbons (Fsp3) is 0.533. The number of rotatable bonds is 5. The largest absolute Gasteiger partial charge is 0.480 e. The van der Waals surface area contributed by atoms with Gasteiger partial charge in [0.1, 0.15) is 5.54 Å². The van der Waals surface area contributed by atoms with Crippen molar-refractivity contribution in [2.45, 2.75) is 50.5 Å². The second-order valence-corrected chi connectivity index (χ2v) is 5.83. The number of hydrogen-bond acceptors (Lipinski definition) is 2. The third-order valence-corrected chi connectivity index (χ3v) is 3.78. The van der Waals surface area contributed by atoms with Crippen LogP contribution in [0.1, 0.15) is 49.3 Å². The minimum absolute atomic E-state index is 0.0482. The lowest BCUT2D eigenvalue weighted by Gasteiger charge is -2.28. The summed E-state index contributed by atoms with van der Waals surface area (Å²) in [5, 5.41) is 9.02. The van der Waals surface area contributed by atoms with Gasteiger partial charge in [0.15, 0.2) is 0 Å². The van der Waals surface area contributed by atoms with Gasteiger partial charge in [-0.25, -0.2) is 0 Å². The number of carboxylic acid groups (broad SMARTS) is 1. The summed E-state index contributed by atoms with van der Waals surface area (Å²) in [4.78, 5) is 11.1. The zero-order valence-corrected chi connectivity index (χ0v) is 12.9. The Kier molecular flexibility index (Phi) is 5.59. The van der Waals surface area contributed by atoms with E-state index < -0.39 is 46.5 Å². The van der Waals surface area contributed by atoms with Gasteiger partial charge >= 0.3 is 18.3 Å². The molecule has 0 saturated carbocycles. The monoisotopic (exact) mass is 357 g/mol. The Bertz CT molecular complexity index is 607. The van der Waals surface area contributed by atoms with Crippen molar-refractivity contribution in [3.63, 3.8) is 0 Å². The highest BCUT2D eigenvalue weighted by molar-refractivity contribution is 5.78. The Morgan fingerprint density at radius 2 is 1.71 bits per heavy atom. The highest BCUT2D eigenvalue weighted by Gasteiger charge is 2.40. The number of alkyl halides is 6. The van der Waals surface area contributed by atoms with Crippen LogP contribution in [0.25, 0.3) is 0 Å². The summed E-state index contributed by atoms with van der Waals surface area (Å²) in [5.41, 5.74) is 0.539. The first-order valence-electron chi connectivity index (χ1n) is 7.00. The fourth-order valence-electron chi connectivity index (χ4n) is 2.41. The van der Waals surface area contributed by atoms with E-state index in [0.29, 0.717) is 6.07 Å². The number of benzene rings is 1. The predicted molar refractivity (Wildman–Crippen MR) is 74.3 cm³/mol. The molecule has 0 saturated heterocycles. The van der Waals surface area contributed by atoms with Crippen LogP contribution in [-0.2, 0) is 17.1 Å². The molecule has 0 aromatic heterocycles. The third-order valence-electron chi connectivity index (χ3n) is 3.78. The van der Waals surface area contributed by atoms with Crippen molar-refractivity contribution in [3.05, 3.63) is 34.9 Å². The Labute approximate surface area is 134 Å². The summed E-state index contributed by atoms with van der Waals surface area (Å²) >= 11 is 0. The molecule has 2 atom stereocenters. The van der Waals surface area contributed by atoms with Gasteiger partial charge in [0, 0.05) is 0 Å². The maximum Gasteiger partial charge on any atom is 0.416 e. The molecule has 1 aromatic rings. The number of halogens is 6. The Morgan fingerprint density at radius 3 is 2.08 bits per heavy atom. The molecular weight excluding hydrogens is 340 g/mol. The molecule has 0 aliphatic rings. The second kappa shape index (κ2) is 6.62. The van der Waals surface area contributed by atoms with Crippen molar-refractivity contribution in [2.75, 3.05) is 0 Å². The molecular formula is C15H17F6NO2. The molecule has 2 unspecified atom stereocenters. The van der Waals surface area contributed by atoms with Crippen LogP contribution in [0.3, 0.4) is 0 Å². The van der Waals surface area contributed by atoms with Gasteiger partial charge in [-0.05, 0) is 43.4 Å². The second-order valence-electron chi connectivity index (χ2n) is 5.83. The van der Waals surface area contributed by atoms with Crippen LogP contribution in [0.15, 0.2) is 18.2 Å². The van der Waals surface area contributed by atoms with Crippen LogP contribution in [-0.4, -0.2) is 16.6 Å². The molecule has 0 spiro atoms. The predicted octanol–water partition coefficient (Wildman–Crippen LogP) is 4.41. The fourth-order valence-corrected chi connectivity index (χ4v) is 2.41. The van der Waals surface area contributed by atoms with E-state index in [2.05, 4.69) is 0 Å². The summed E-state index contributed by atoms with van der Waals surface area (Å²) in [6.07, 6.45) is -10.2. The van der Waals surface area contributed by atoms with Crippen molar-refractivity contribution in [1.82, 2.24) is 0 Å². The molecule has 3 N–H and O–H groups in total. The van der Waals surface area contributed by atoms with Crippen molar-refractivity contribution in [2.24, 2.45) is 5.73 Å². The Balaban J connectivity index is 3.42. The number of carboxylic acids is 1. The number of hydrogen-bond donors (Lipinski definition) is 2. The van der Waals surface area contributed by atoms with Gasteiger partial charge in [-0.15, -0.1) is 0 Å². The lowest BCUT2D eigenvalue weighted by molar-refractivity contribution is -0.143. The van der Waals surface area contributed by atoms with E-state index in [9.17, 15) is 31.1 Å². The topological polar surface area (TPSA) is 63.3 Å². The molecule has 1 rings (SSSR count). The van der Waals surface area contributed by atoms with E-state index in [1.807, 2.05) is 0 Å². The lowest BCUT2D eigenvalue weighted by atomic mass is 9.81. The molecule has 0 aliphatic heterocycles. The molecule has 0 bridgehead atoms. The standard InChI is InChI=1S/C15H17F6NO2/c1-3-8(7-13(2,22)12(23)24)10-5-4-9(14(16,17)18)6-11(10)15(19,20)21/h4-6,8H,3,7,22H2,1-2H3,(H,23,24). The third kappa shape index (κ3) is 4.62. The molecule has 0 radical (unpaired) electrons. The first-order chi connectivity index (χ1) is 10.7. The van der Waals surface area contributed by atoms with Crippen LogP contribution in [0.4, 0.5) is 26.3 Å². The van der Waals surface area contributed by atoms with E-state index in [4.69, 9.17) is 10.8 Å². The van der Waals surface area contributed by atoms with Gasteiger partial charge in [0.05, 0.1) is 11.1 Å². The average molecular weight is 357 g/mol. The highest BCUT2D eigenvalue weighted by atomic mass is 19.4. The molecule has 0 amide bonds.